The van der Waals surface area contributed by atoms with E-state index in [0.29, 0.717) is 17.9 Å². The zero-order valence-corrected chi connectivity index (χ0v) is 17.0. The van der Waals surface area contributed by atoms with Gasteiger partial charge in [-0.3, -0.25) is 0 Å². The van der Waals surface area contributed by atoms with Crippen LogP contribution in [0.1, 0.15) is 31.5 Å². The van der Waals surface area contributed by atoms with Gasteiger partial charge in [-0.2, -0.15) is 5.10 Å². The Kier molecular flexibility index (Phi) is 5.37. The van der Waals surface area contributed by atoms with E-state index in [9.17, 15) is 5.11 Å². The Balaban J connectivity index is 1.72. The fourth-order valence-corrected chi connectivity index (χ4v) is 4.30. The van der Waals surface area contributed by atoms with E-state index in [4.69, 9.17) is 9.47 Å². The molecule has 1 aliphatic rings. The summed E-state index contributed by atoms with van der Waals surface area (Å²) in [5, 5.41) is 16.7. The lowest BCUT2D eigenvalue weighted by molar-refractivity contribution is -0.251. The van der Waals surface area contributed by atoms with Crippen molar-refractivity contribution in [2.75, 3.05) is 6.26 Å². The average Bonchev–Trinajstić information content (AvgIpc) is 3.27. The molecular weight excluding hydrogens is 376 g/mol. The van der Waals surface area contributed by atoms with Crippen molar-refractivity contribution in [3.63, 3.8) is 0 Å². The van der Waals surface area contributed by atoms with Crippen LogP contribution >= 0.6 is 11.8 Å². The molecule has 1 aliphatic heterocycles. The van der Waals surface area contributed by atoms with Gasteiger partial charge in [0.05, 0.1) is 18.9 Å². The minimum absolute atomic E-state index is 0.00567. The molecule has 0 bridgehead atoms. The molecule has 3 heterocycles. The Hall–Kier alpha value is -2.00. The molecule has 0 amide bonds. The molecule has 0 radical (unpaired) electrons. The van der Waals surface area contributed by atoms with Gasteiger partial charge in [0.15, 0.2) is 5.65 Å². The Morgan fingerprint density at radius 2 is 2.07 bits per heavy atom. The molecule has 3 aromatic rings. The van der Waals surface area contributed by atoms with Crippen molar-refractivity contribution in [3.05, 3.63) is 54.1 Å². The van der Waals surface area contributed by atoms with Crippen molar-refractivity contribution in [2.24, 2.45) is 5.92 Å². The summed E-state index contributed by atoms with van der Waals surface area (Å²) in [6.07, 6.45) is 5.09. The van der Waals surface area contributed by atoms with E-state index in [0.717, 1.165) is 17.0 Å². The smallest absolute Gasteiger partial charge is 0.239 e. The molecule has 28 heavy (non-hydrogen) atoms. The molecule has 0 saturated carbocycles. The van der Waals surface area contributed by atoms with Crippen LogP contribution in [0.5, 0.6) is 0 Å². The van der Waals surface area contributed by atoms with Crippen molar-refractivity contribution in [1.82, 2.24) is 19.6 Å². The van der Waals surface area contributed by atoms with Crippen LogP contribution in [0.2, 0.25) is 0 Å². The zero-order valence-electron chi connectivity index (χ0n) is 16.1. The number of nitrogens with zero attached hydrogens (tertiary/aromatic N) is 4. The van der Waals surface area contributed by atoms with Crippen LogP contribution in [-0.2, 0) is 21.9 Å². The molecule has 4 atom stereocenters. The monoisotopic (exact) mass is 400 g/mol. The first-order chi connectivity index (χ1) is 13.6. The summed E-state index contributed by atoms with van der Waals surface area (Å²) < 4.78 is 14.0. The van der Waals surface area contributed by atoms with Crippen LogP contribution in [0.3, 0.4) is 0 Å². The van der Waals surface area contributed by atoms with Crippen molar-refractivity contribution < 1.29 is 14.6 Å². The lowest BCUT2D eigenvalue weighted by Crippen LogP contribution is -2.41. The SMILES string of the molecule is CC[C@H]1OC(O)(c2cnc3c(SC)ncnn23)[C@H](OCc2ccccc2)[C@@H]1C. The second kappa shape index (κ2) is 7.79. The third-order valence-corrected chi connectivity index (χ3v) is 5.96. The number of rotatable bonds is 6. The van der Waals surface area contributed by atoms with E-state index in [2.05, 4.69) is 15.1 Å². The second-order valence-corrected chi connectivity index (χ2v) is 7.78. The second-order valence-electron chi connectivity index (χ2n) is 6.99. The standard InChI is InChI=1S/C20H24N4O3S/c1-4-15-13(2)17(26-11-14-8-6-5-7-9-14)20(25,27-15)16-10-21-18-19(28-3)22-12-23-24(16)18/h5-10,12-13,15,17,25H,4,11H2,1-3H3/t13-,15-,17-,20?/m1/s1. The molecule has 0 aliphatic carbocycles. The lowest BCUT2D eigenvalue weighted by atomic mass is 9.93. The highest BCUT2D eigenvalue weighted by Gasteiger charge is 2.55. The largest absolute Gasteiger partial charge is 0.367 e. The molecule has 1 N–H and O–H groups in total. The maximum absolute atomic E-state index is 11.6. The summed E-state index contributed by atoms with van der Waals surface area (Å²) in [5.74, 6) is -1.63. The van der Waals surface area contributed by atoms with Crippen LogP contribution in [0.15, 0.2) is 47.9 Å². The van der Waals surface area contributed by atoms with Crippen LogP contribution < -0.4 is 0 Å². The number of fused-ring (bicyclic) bond motifs is 1. The lowest BCUT2D eigenvalue weighted by Gasteiger charge is -2.29. The van der Waals surface area contributed by atoms with Gasteiger partial charge in [0.25, 0.3) is 0 Å². The number of aromatic nitrogens is 4. The minimum Gasteiger partial charge on any atom is -0.367 e. The van der Waals surface area contributed by atoms with Crippen LogP contribution in [-0.4, -0.2) is 43.2 Å². The first kappa shape index (κ1) is 19.3. The van der Waals surface area contributed by atoms with Gasteiger partial charge < -0.3 is 14.6 Å². The first-order valence-corrected chi connectivity index (χ1v) is 10.6. The first-order valence-electron chi connectivity index (χ1n) is 9.37. The predicted octanol–water partition coefficient (Wildman–Crippen LogP) is 3.02. The topological polar surface area (TPSA) is 81.8 Å². The minimum atomic E-state index is -1.64. The van der Waals surface area contributed by atoms with Gasteiger partial charge >= 0.3 is 0 Å². The highest BCUT2D eigenvalue weighted by molar-refractivity contribution is 7.98. The van der Waals surface area contributed by atoms with Crippen molar-refractivity contribution in [3.8, 4) is 0 Å². The van der Waals surface area contributed by atoms with Gasteiger partial charge in [0.1, 0.15) is 23.2 Å². The Morgan fingerprint density at radius 3 is 2.79 bits per heavy atom. The molecule has 1 unspecified atom stereocenters. The maximum atomic E-state index is 11.6. The average molecular weight is 401 g/mol. The molecule has 4 rings (SSSR count). The normalized spacial score (nSPS) is 27.5. The Bertz CT molecular complexity index is 951. The number of hydrogen-bond donors (Lipinski definition) is 1. The summed E-state index contributed by atoms with van der Waals surface area (Å²) in [7, 11) is 0. The highest BCUT2D eigenvalue weighted by Crippen LogP contribution is 2.44. The number of hydrogen-bond acceptors (Lipinski definition) is 7. The van der Waals surface area contributed by atoms with Gasteiger partial charge in [-0.1, -0.05) is 44.2 Å². The van der Waals surface area contributed by atoms with E-state index in [1.165, 1.54) is 18.1 Å². The molecule has 148 valence electrons. The molecule has 1 fully saturated rings. The Labute approximate surface area is 168 Å². The fourth-order valence-electron chi connectivity index (χ4n) is 3.83. The number of thioether (sulfide) groups is 1. The summed E-state index contributed by atoms with van der Waals surface area (Å²) in [5.41, 5.74) is 2.10. The molecule has 7 nitrogen and oxygen atoms in total. The van der Waals surface area contributed by atoms with E-state index < -0.39 is 11.9 Å². The summed E-state index contributed by atoms with van der Waals surface area (Å²) in [6, 6.07) is 9.92. The molecule has 1 saturated heterocycles. The Morgan fingerprint density at radius 1 is 1.29 bits per heavy atom. The summed E-state index contributed by atoms with van der Waals surface area (Å²) >= 11 is 1.48. The predicted molar refractivity (Wildman–Crippen MR) is 106 cm³/mol. The van der Waals surface area contributed by atoms with Crippen molar-refractivity contribution in [2.45, 2.75) is 49.9 Å². The van der Waals surface area contributed by atoms with Crippen LogP contribution in [0.25, 0.3) is 5.65 Å². The number of ether oxygens (including phenoxy) is 2. The molecule has 2 aromatic heterocycles. The molecule has 0 spiro atoms. The van der Waals surface area contributed by atoms with E-state index >= 15 is 0 Å². The van der Waals surface area contributed by atoms with E-state index in [1.54, 1.807) is 10.7 Å². The summed E-state index contributed by atoms with van der Waals surface area (Å²) in [6.45, 7) is 4.48. The van der Waals surface area contributed by atoms with Gasteiger partial charge in [-0.25, -0.2) is 14.5 Å². The van der Waals surface area contributed by atoms with Gasteiger partial charge in [-0.05, 0) is 18.2 Å². The summed E-state index contributed by atoms with van der Waals surface area (Å²) in [4.78, 5) is 8.67. The molecule has 1 aromatic carbocycles. The molecular formula is C20H24N4O3S. The number of imidazole rings is 1. The molecule has 8 heteroatoms. The maximum Gasteiger partial charge on any atom is 0.239 e. The van der Waals surface area contributed by atoms with Crippen molar-refractivity contribution >= 4 is 17.4 Å². The third kappa shape index (κ3) is 3.20. The van der Waals surface area contributed by atoms with Crippen molar-refractivity contribution in [1.29, 1.82) is 0 Å². The quantitative estimate of drug-likeness (QED) is 0.637. The third-order valence-electron chi connectivity index (χ3n) is 5.29. The van der Waals surface area contributed by atoms with E-state index in [-0.39, 0.29) is 12.0 Å². The van der Waals surface area contributed by atoms with Crippen LogP contribution in [0, 0.1) is 5.92 Å². The number of aliphatic hydroxyl groups is 1. The fraction of sp³-hybridized carbons (Fsp3) is 0.450. The van der Waals surface area contributed by atoms with Gasteiger partial charge in [0.2, 0.25) is 5.79 Å². The number of benzene rings is 1. The zero-order chi connectivity index (χ0) is 19.7. The van der Waals surface area contributed by atoms with Gasteiger partial charge in [-0.15, -0.1) is 11.8 Å². The van der Waals surface area contributed by atoms with E-state index in [1.807, 2.05) is 50.4 Å². The van der Waals surface area contributed by atoms with Crippen LogP contribution in [0.4, 0.5) is 0 Å². The van der Waals surface area contributed by atoms with Gasteiger partial charge in [0, 0.05) is 5.92 Å². The highest BCUT2D eigenvalue weighted by atomic mass is 32.2.